The number of hydrogen-bond acceptors (Lipinski definition) is 5. The molecule has 3 aromatic rings. The van der Waals surface area contributed by atoms with E-state index in [-0.39, 0.29) is 11.6 Å². The van der Waals surface area contributed by atoms with Crippen LogP contribution < -0.4 is 10.1 Å². The molecule has 0 aliphatic carbocycles. The maximum absolute atomic E-state index is 13.4. The fourth-order valence-corrected chi connectivity index (χ4v) is 4.61. The smallest absolute Gasteiger partial charge is 0.307 e. The number of rotatable bonds is 10. The lowest BCUT2D eigenvalue weighted by Gasteiger charge is -2.19. The van der Waals surface area contributed by atoms with Crippen molar-refractivity contribution in [2.45, 2.75) is 19.8 Å². The summed E-state index contributed by atoms with van der Waals surface area (Å²) in [6.07, 6.45) is 4.70. The molecule has 1 aromatic heterocycles. The molecule has 0 unspecified atom stereocenters. The Morgan fingerprint density at radius 2 is 1.72 bits per heavy atom. The molecule has 9 nitrogen and oxygen atoms in total. The average molecular weight is 513 g/mol. The number of benzene rings is 2. The third-order valence-electron chi connectivity index (χ3n) is 5.74. The molecule has 0 bridgehead atoms. The summed E-state index contributed by atoms with van der Waals surface area (Å²) >= 11 is 0. The number of nitrogens with zero attached hydrogens (tertiary/aromatic N) is 3. The quantitative estimate of drug-likeness (QED) is 0.420. The van der Waals surface area contributed by atoms with Crippen molar-refractivity contribution in [2.24, 2.45) is 0 Å². The monoisotopic (exact) mass is 512 g/mol. The first kappa shape index (κ1) is 27.0. The Morgan fingerprint density at radius 3 is 2.33 bits per heavy atom. The van der Waals surface area contributed by atoms with E-state index in [4.69, 9.17) is 4.74 Å². The summed E-state index contributed by atoms with van der Waals surface area (Å²) in [7, 11) is 2.30. The molecular formula is C26H32N4O5S. The number of para-hydroxylation sites is 1. The molecule has 0 spiro atoms. The minimum Gasteiger partial charge on any atom is -0.497 e. The molecule has 0 atom stereocenters. The highest BCUT2D eigenvalue weighted by Crippen LogP contribution is 2.26. The highest BCUT2D eigenvalue weighted by atomic mass is 32.2. The van der Waals surface area contributed by atoms with Crippen molar-refractivity contribution in [3.63, 3.8) is 0 Å². The number of hydrogen-bond donors (Lipinski definition) is 1. The molecule has 1 N–H and O–H groups in total. The summed E-state index contributed by atoms with van der Waals surface area (Å²) in [6.45, 7) is 2.54. The Balaban J connectivity index is 2.10. The van der Waals surface area contributed by atoms with E-state index in [1.807, 2.05) is 6.92 Å². The number of unbranched alkanes of at least 4 members (excludes halogenated alkanes) is 1. The van der Waals surface area contributed by atoms with Gasteiger partial charge in [0.25, 0.3) is 11.8 Å². The van der Waals surface area contributed by atoms with Crippen LogP contribution in [0.5, 0.6) is 5.75 Å². The molecule has 0 saturated heterocycles. The van der Waals surface area contributed by atoms with Gasteiger partial charge in [-0.25, -0.2) is 3.97 Å². The highest BCUT2D eigenvalue weighted by Gasteiger charge is 2.23. The van der Waals surface area contributed by atoms with Crippen molar-refractivity contribution >= 4 is 39.0 Å². The van der Waals surface area contributed by atoms with Gasteiger partial charge in [-0.1, -0.05) is 31.5 Å². The lowest BCUT2D eigenvalue weighted by atomic mass is 10.1. The van der Waals surface area contributed by atoms with Crippen LogP contribution in [-0.2, 0) is 15.0 Å². The van der Waals surface area contributed by atoms with E-state index in [2.05, 4.69) is 5.32 Å². The van der Waals surface area contributed by atoms with Crippen molar-refractivity contribution in [3.8, 4) is 5.75 Å². The van der Waals surface area contributed by atoms with E-state index in [0.29, 0.717) is 34.3 Å². The molecule has 10 heteroatoms. The zero-order valence-corrected chi connectivity index (χ0v) is 22.0. The Morgan fingerprint density at radius 1 is 1.06 bits per heavy atom. The zero-order chi connectivity index (χ0) is 26.5. The number of methoxy groups -OCH3 is 1. The maximum Gasteiger partial charge on any atom is 0.307 e. The van der Waals surface area contributed by atoms with Crippen LogP contribution in [0.15, 0.2) is 60.4 Å². The molecule has 2 aromatic carbocycles. The van der Waals surface area contributed by atoms with Gasteiger partial charge in [-0.2, -0.15) is 12.7 Å². The Labute approximate surface area is 212 Å². The third-order valence-corrected chi connectivity index (χ3v) is 7.47. The number of carbonyl (C=O) groups is 2. The van der Waals surface area contributed by atoms with Crippen molar-refractivity contribution in [1.82, 2.24) is 18.5 Å². The summed E-state index contributed by atoms with van der Waals surface area (Å²) < 4.78 is 33.3. The molecular weight excluding hydrogens is 480 g/mol. The molecule has 0 aliphatic rings. The van der Waals surface area contributed by atoms with Crippen LogP contribution in [0.4, 0.5) is 0 Å². The van der Waals surface area contributed by atoms with Crippen LogP contribution >= 0.6 is 0 Å². The predicted octanol–water partition coefficient (Wildman–Crippen LogP) is 3.33. The summed E-state index contributed by atoms with van der Waals surface area (Å²) in [6, 6.07) is 13.5. The second-order valence-electron chi connectivity index (χ2n) is 8.51. The summed E-state index contributed by atoms with van der Waals surface area (Å²) in [5, 5.41) is 3.36. The standard InChI is InChI=1S/C26H32N4O5S/c1-6-7-16-29(4)26(32)23(27-25(31)19-12-14-21(35-5)15-13-19)17-20-18-30(36(33,34)28(2)3)24-11-9-8-10-22(20)24/h8-15,17-18H,6-7,16H2,1-5H3,(H,27,31)/b23-17-. The van der Waals surface area contributed by atoms with Crippen LogP contribution in [0.2, 0.25) is 0 Å². The predicted molar refractivity (Wildman–Crippen MR) is 141 cm³/mol. The number of likely N-dealkylation sites (N-methyl/N-ethyl adjacent to an activating group) is 1. The number of nitrogens with one attached hydrogen (secondary N) is 1. The number of carbonyl (C=O) groups excluding carboxylic acids is 2. The van der Waals surface area contributed by atoms with Crippen molar-refractivity contribution in [2.75, 3.05) is 34.8 Å². The fourth-order valence-electron chi connectivity index (χ4n) is 3.60. The van der Waals surface area contributed by atoms with Gasteiger partial charge in [0.2, 0.25) is 0 Å². The fraction of sp³-hybridized carbons (Fsp3) is 0.308. The van der Waals surface area contributed by atoms with Gasteiger partial charge in [0.1, 0.15) is 11.4 Å². The van der Waals surface area contributed by atoms with E-state index in [9.17, 15) is 18.0 Å². The van der Waals surface area contributed by atoms with E-state index in [1.165, 1.54) is 37.5 Å². The van der Waals surface area contributed by atoms with Gasteiger partial charge in [-0.3, -0.25) is 9.59 Å². The van der Waals surface area contributed by atoms with Crippen molar-refractivity contribution in [3.05, 3.63) is 71.6 Å². The van der Waals surface area contributed by atoms with Crippen molar-refractivity contribution < 1.29 is 22.7 Å². The van der Waals surface area contributed by atoms with Gasteiger partial charge >= 0.3 is 10.2 Å². The van der Waals surface area contributed by atoms with Gasteiger partial charge in [0.15, 0.2) is 0 Å². The van der Waals surface area contributed by atoms with E-state index in [1.54, 1.807) is 60.5 Å². The Bertz CT molecular complexity index is 1380. The second-order valence-corrected chi connectivity index (χ2v) is 10.5. The minimum atomic E-state index is -3.81. The van der Waals surface area contributed by atoms with Gasteiger partial charge in [0, 0.05) is 50.4 Å². The van der Waals surface area contributed by atoms with Gasteiger partial charge < -0.3 is 15.0 Å². The van der Waals surface area contributed by atoms with Crippen LogP contribution in [0.3, 0.4) is 0 Å². The molecule has 0 fully saturated rings. The van der Waals surface area contributed by atoms with E-state index >= 15 is 0 Å². The minimum absolute atomic E-state index is 0.0413. The largest absolute Gasteiger partial charge is 0.497 e. The number of fused-ring (bicyclic) bond motifs is 1. The Hall–Kier alpha value is -3.63. The molecule has 1 heterocycles. The normalized spacial score (nSPS) is 12.1. The Kier molecular flexibility index (Phi) is 8.54. The third kappa shape index (κ3) is 5.77. The van der Waals surface area contributed by atoms with Crippen LogP contribution in [-0.4, -0.2) is 68.2 Å². The first-order valence-electron chi connectivity index (χ1n) is 11.6. The first-order chi connectivity index (χ1) is 17.1. The molecule has 192 valence electrons. The molecule has 36 heavy (non-hydrogen) atoms. The van der Waals surface area contributed by atoms with Crippen LogP contribution in [0.1, 0.15) is 35.7 Å². The van der Waals surface area contributed by atoms with Gasteiger partial charge in [-0.05, 0) is 42.8 Å². The van der Waals surface area contributed by atoms with E-state index in [0.717, 1.165) is 17.1 Å². The average Bonchev–Trinajstić information content (AvgIpc) is 3.25. The van der Waals surface area contributed by atoms with Crippen molar-refractivity contribution in [1.29, 1.82) is 0 Å². The number of aromatic nitrogens is 1. The van der Waals surface area contributed by atoms with Gasteiger partial charge in [0.05, 0.1) is 12.6 Å². The number of ether oxygens (including phenoxy) is 1. The molecule has 0 aliphatic heterocycles. The number of amides is 2. The molecule has 2 amide bonds. The topological polar surface area (TPSA) is 101 Å². The molecule has 0 saturated carbocycles. The summed E-state index contributed by atoms with van der Waals surface area (Å²) in [5.74, 6) is -0.240. The zero-order valence-electron chi connectivity index (χ0n) is 21.2. The molecule has 0 radical (unpaired) electrons. The maximum atomic E-state index is 13.4. The van der Waals surface area contributed by atoms with Crippen LogP contribution in [0, 0.1) is 0 Å². The summed E-state index contributed by atoms with van der Waals surface area (Å²) in [4.78, 5) is 27.9. The lowest BCUT2D eigenvalue weighted by Crippen LogP contribution is -2.36. The molecule has 3 rings (SSSR count). The lowest BCUT2D eigenvalue weighted by molar-refractivity contribution is -0.126. The SMILES string of the molecule is CCCCN(C)C(=O)/C(=C/c1cn(S(=O)(=O)N(C)C)c2ccccc12)NC(=O)c1ccc(OC)cc1. The summed E-state index contributed by atoms with van der Waals surface area (Å²) in [5.41, 5.74) is 1.34. The van der Waals surface area contributed by atoms with E-state index < -0.39 is 16.1 Å². The second kappa shape index (κ2) is 11.4. The first-order valence-corrected chi connectivity index (χ1v) is 13.0. The van der Waals surface area contributed by atoms with Crippen LogP contribution in [0.25, 0.3) is 17.0 Å². The highest BCUT2D eigenvalue weighted by molar-refractivity contribution is 7.87. The van der Waals surface area contributed by atoms with Gasteiger partial charge in [-0.15, -0.1) is 0 Å².